The Morgan fingerprint density at radius 1 is 0.603 bits per heavy atom. The molecule has 2 heterocycles. The molecule has 352 valence electrons. The van der Waals surface area contributed by atoms with Gasteiger partial charge in [-0.25, -0.2) is 0 Å². The van der Waals surface area contributed by atoms with Gasteiger partial charge in [0.1, 0.15) is 47.1 Å². The number of aromatic hydroxyl groups is 2. The summed E-state index contributed by atoms with van der Waals surface area (Å²) in [5.74, 6) is 4.23. The van der Waals surface area contributed by atoms with Gasteiger partial charge in [-0.05, 0) is 135 Å². The molecule has 0 bridgehead atoms. The van der Waals surface area contributed by atoms with Crippen LogP contribution in [0.1, 0.15) is 74.6 Å². The molecule has 0 aliphatic carbocycles. The van der Waals surface area contributed by atoms with Crippen molar-refractivity contribution in [3.63, 3.8) is 0 Å². The zero-order valence-corrected chi connectivity index (χ0v) is 47.8. The van der Waals surface area contributed by atoms with Gasteiger partial charge in [0.05, 0.1) is 35.4 Å². The van der Waals surface area contributed by atoms with Gasteiger partial charge in [0.25, 0.3) is 0 Å². The normalized spacial score (nSPS) is 10.2. The van der Waals surface area contributed by atoms with E-state index in [2.05, 4.69) is 73.1 Å². The first-order chi connectivity index (χ1) is 32.0. The molecular weight excluding hydrogens is 1070 g/mol. The third-order valence-electron chi connectivity index (χ3n) is 9.43. The molecule has 6 rings (SSSR count). The third kappa shape index (κ3) is 20.2. The smallest absolute Gasteiger partial charge is 0.652 e. The van der Waals surface area contributed by atoms with Crippen LogP contribution in [0.5, 0.6) is 34.5 Å². The maximum atomic E-state index is 10.8. The van der Waals surface area contributed by atoms with Crippen LogP contribution in [0.2, 0.25) is 0 Å². The van der Waals surface area contributed by atoms with Gasteiger partial charge in [-0.1, -0.05) is 38.8 Å². The number of aromatic nitrogens is 8. The standard InChI is InChI=1S/2C22H25BrN4O4.CH2O3.2K/c2*1-2-5-17-19(8-6-15(10-11-28)21(17)29)30-12-3-4-13-31-20-9-7-16(14-18(20)23)22-24-26-27-25-22;2-1(3)4;;/h2*6-9,11,14,29H,2-5,10,12-13H2,1H3,(H,24,25,26,27);(H2,2,3,4);;/q;;;2*+1/p-2. The molecule has 19 nitrogen and oxygen atoms in total. The van der Waals surface area contributed by atoms with Gasteiger partial charge >= 0.3 is 103 Å². The van der Waals surface area contributed by atoms with Crippen LogP contribution in [-0.4, -0.2) is 96.6 Å². The molecule has 68 heavy (non-hydrogen) atoms. The molecule has 6 aromatic rings. The summed E-state index contributed by atoms with van der Waals surface area (Å²) in [7, 11) is 0. The molecule has 0 amide bonds. The van der Waals surface area contributed by atoms with Crippen LogP contribution < -0.4 is 132 Å². The van der Waals surface area contributed by atoms with Gasteiger partial charge in [0, 0.05) is 46.2 Å². The number of phenols is 2. The first kappa shape index (κ1) is 60.8. The molecule has 0 saturated heterocycles. The monoisotopic (exact) mass is 1110 g/mol. The van der Waals surface area contributed by atoms with Crippen molar-refractivity contribution >= 4 is 50.6 Å². The number of halogens is 2. The van der Waals surface area contributed by atoms with Crippen molar-refractivity contribution in [2.24, 2.45) is 0 Å². The van der Waals surface area contributed by atoms with Crippen molar-refractivity contribution in [3.8, 4) is 57.3 Å². The maximum Gasteiger partial charge on any atom is 1.00 e. The van der Waals surface area contributed by atoms with Gasteiger partial charge in [-0.3, -0.25) is 0 Å². The number of unbranched alkanes of at least 4 members (excludes halogenated alkanes) is 2. The Hall–Kier alpha value is -3.34. The van der Waals surface area contributed by atoms with Crippen molar-refractivity contribution < 1.29 is 157 Å². The molecular formula is C45H50Br2K2N8O11. The van der Waals surface area contributed by atoms with E-state index in [0.29, 0.717) is 73.5 Å². The van der Waals surface area contributed by atoms with Gasteiger partial charge in [-0.15, -0.1) is 20.4 Å². The Bertz CT molecular complexity index is 2270. The SMILES string of the molecule is CCCc1c(OCCCCOc2ccc(-c3nn[nH]n3)cc2Br)ccc(CC=O)c1O.CCCc1c(OCCCCOc2ccc(-c3nn[nH]n3)cc2Br)ccc(CC=O)c1O.O=C([O-])[O-].[K+].[K+]. The quantitative estimate of drug-likeness (QED) is 0.0355. The number of benzene rings is 4. The van der Waals surface area contributed by atoms with Crippen LogP contribution in [0.3, 0.4) is 0 Å². The van der Waals surface area contributed by atoms with E-state index in [1.807, 2.05) is 62.4 Å². The second kappa shape index (κ2) is 34.1. The van der Waals surface area contributed by atoms with Crippen molar-refractivity contribution in [2.75, 3.05) is 26.4 Å². The van der Waals surface area contributed by atoms with E-state index in [4.69, 9.17) is 34.0 Å². The van der Waals surface area contributed by atoms with Crippen molar-refractivity contribution in [2.45, 2.75) is 78.1 Å². The summed E-state index contributed by atoms with van der Waals surface area (Å²) >= 11 is 7.02. The van der Waals surface area contributed by atoms with Gasteiger partial charge in [-0.2, -0.15) is 10.4 Å². The number of rotatable bonds is 24. The van der Waals surface area contributed by atoms with E-state index in [9.17, 15) is 19.8 Å². The minimum absolute atomic E-state index is 0. The number of phenolic OH excluding ortho intramolecular Hbond substituents is 2. The number of carbonyl (C=O) groups is 3. The van der Waals surface area contributed by atoms with Gasteiger partial charge in [0.2, 0.25) is 11.6 Å². The van der Waals surface area contributed by atoms with Crippen LogP contribution in [0, 0.1) is 0 Å². The number of ether oxygens (including phenoxy) is 4. The third-order valence-corrected chi connectivity index (χ3v) is 10.7. The number of H-pyrrole nitrogens is 2. The Morgan fingerprint density at radius 2 is 0.941 bits per heavy atom. The number of tetrazole rings is 2. The molecule has 2 aromatic heterocycles. The number of carbonyl (C=O) groups excluding carboxylic acids is 3. The largest absolute Gasteiger partial charge is 1.00 e. The molecule has 0 saturated carbocycles. The number of aromatic amines is 2. The predicted molar refractivity (Wildman–Crippen MR) is 244 cm³/mol. The minimum Gasteiger partial charge on any atom is -0.652 e. The molecule has 4 aromatic carbocycles. The van der Waals surface area contributed by atoms with E-state index in [0.717, 1.165) is 93.8 Å². The molecule has 0 radical (unpaired) electrons. The first-order valence-electron chi connectivity index (χ1n) is 21.0. The average Bonchev–Trinajstić information content (AvgIpc) is 4.05. The number of nitrogens with zero attached hydrogens (tertiary/aromatic N) is 6. The van der Waals surface area contributed by atoms with Crippen LogP contribution in [0.4, 0.5) is 4.79 Å². The fourth-order valence-corrected chi connectivity index (χ4v) is 7.30. The van der Waals surface area contributed by atoms with Crippen LogP contribution in [-0.2, 0) is 35.3 Å². The Labute approximate surface area is 495 Å². The predicted octanol–water partition coefficient (Wildman–Crippen LogP) is 0.0944. The minimum atomic E-state index is -2.33. The first-order valence-corrected chi connectivity index (χ1v) is 22.6. The molecule has 0 aliphatic heterocycles. The topological polar surface area (TPSA) is 284 Å². The fraction of sp³-hybridized carbons (Fsp3) is 0.356. The summed E-state index contributed by atoms with van der Waals surface area (Å²) in [6.45, 7) is 6.22. The van der Waals surface area contributed by atoms with Crippen LogP contribution in [0.15, 0.2) is 69.6 Å². The Kier molecular flexibility index (Phi) is 30.5. The fourth-order valence-electron chi connectivity index (χ4n) is 6.31. The Balaban J connectivity index is 0.000000421. The number of hydrogen-bond donors (Lipinski definition) is 4. The van der Waals surface area contributed by atoms with Crippen LogP contribution in [0.25, 0.3) is 22.8 Å². The van der Waals surface area contributed by atoms with E-state index in [1.165, 1.54) is 0 Å². The van der Waals surface area contributed by atoms with Crippen LogP contribution >= 0.6 is 31.9 Å². The second-order valence-electron chi connectivity index (χ2n) is 14.2. The van der Waals surface area contributed by atoms with E-state index >= 15 is 0 Å². The summed E-state index contributed by atoms with van der Waals surface area (Å²) in [4.78, 5) is 29.9. The molecule has 0 aliphatic rings. The number of hydrogen-bond acceptors (Lipinski definition) is 17. The van der Waals surface area contributed by atoms with Crippen molar-refractivity contribution in [1.29, 1.82) is 0 Å². The zero-order chi connectivity index (χ0) is 47.7. The van der Waals surface area contributed by atoms with Crippen molar-refractivity contribution in [1.82, 2.24) is 41.2 Å². The maximum absolute atomic E-state index is 10.8. The Morgan fingerprint density at radius 3 is 1.24 bits per heavy atom. The molecule has 4 N–H and O–H groups in total. The van der Waals surface area contributed by atoms with Crippen molar-refractivity contribution in [3.05, 3.63) is 91.9 Å². The zero-order valence-electron chi connectivity index (χ0n) is 38.3. The molecule has 23 heteroatoms. The van der Waals surface area contributed by atoms with Gasteiger partial charge < -0.3 is 53.8 Å². The summed E-state index contributed by atoms with van der Waals surface area (Å²) in [6.07, 6.45) is 6.06. The van der Waals surface area contributed by atoms with E-state index in [-0.39, 0.29) is 127 Å². The van der Waals surface area contributed by atoms with Gasteiger partial charge in [0.15, 0.2) is 0 Å². The molecule has 0 spiro atoms. The van der Waals surface area contributed by atoms with E-state index in [1.54, 1.807) is 12.1 Å². The second-order valence-corrected chi connectivity index (χ2v) is 15.9. The summed E-state index contributed by atoms with van der Waals surface area (Å²) < 4.78 is 25.1. The summed E-state index contributed by atoms with van der Waals surface area (Å²) in [5, 5.41) is 65.4. The summed E-state index contributed by atoms with van der Waals surface area (Å²) in [6, 6.07) is 18.4. The average molecular weight is 1120 g/mol. The number of nitrogens with one attached hydrogen (secondary N) is 2. The molecule has 0 unspecified atom stereocenters. The molecule has 0 atom stereocenters. The summed E-state index contributed by atoms with van der Waals surface area (Å²) in [5.41, 5.74) is 4.48. The van der Waals surface area contributed by atoms with E-state index < -0.39 is 6.16 Å². The molecule has 0 fully saturated rings. The number of carboxylic acid groups (broad SMARTS) is 2. The number of aldehydes is 2.